The number of rotatable bonds is 11. The number of hydrogen-bond acceptors (Lipinski definition) is 6. The molecule has 10 heteroatoms. The number of aliphatic carboxylic acids is 1. The van der Waals surface area contributed by atoms with E-state index in [4.69, 9.17) is 14.0 Å². The molecule has 0 fully saturated rings. The van der Waals surface area contributed by atoms with Crippen molar-refractivity contribution in [2.75, 3.05) is 14.2 Å². The van der Waals surface area contributed by atoms with Crippen LogP contribution in [0.5, 0.6) is 11.5 Å². The number of fused-ring (bicyclic) bond motifs is 1. The summed E-state index contributed by atoms with van der Waals surface area (Å²) >= 11 is 0. The van der Waals surface area contributed by atoms with Crippen LogP contribution >= 0.6 is 0 Å². The van der Waals surface area contributed by atoms with Crippen LogP contribution in [0, 0.1) is 0 Å². The van der Waals surface area contributed by atoms with Gasteiger partial charge < -0.3 is 19.1 Å². The summed E-state index contributed by atoms with van der Waals surface area (Å²) in [6.45, 7) is 0.618. The highest BCUT2D eigenvalue weighted by atomic mass is 19.4. The van der Waals surface area contributed by atoms with Gasteiger partial charge in [-0.1, -0.05) is 35.5 Å². The Hall–Kier alpha value is -4.31. The van der Waals surface area contributed by atoms with Gasteiger partial charge in [-0.15, -0.1) is 0 Å². The predicted molar refractivity (Wildman–Crippen MR) is 148 cm³/mol. The molecule has 0 spiro atoms. The van der Waals surface area contributed by atoms with Crippen LogP contribution in [-0.2, 0) is 30.5 Å². The molecule has 2 atom stereocenters. The third-order valence-electron chi connectivity index (χ3n) is 7.57. The molecule has 0 bridgehead atoms. The number of carbonyl (C=O) groups is 1. The second kappa shape index (κ2) is 12.3. The largest absolute Gasteiger partial charge is 0.497 e. The standard InChI is InChI=1S/C32H31F3N2O5/c1-37(18-20-3-7-22(40-2)8-4-20)19-27-24-12-14-30(25(24)11-13-28(27)32(33,34)35)42-23-9-5-21(6-10-23)26(17-31(38)39)29-15-16-41-36-29/h3-11,13,15-16,26,30H,12,14,17-19H2,1-2H3,(H,38,39)/t26-,30+/m0/s1. The molecular formula is C32H31F3N2O5. The first kappa shape index (κ1) is 29.2. The highest BCUT2D eigenvalue weighted by molar-refractivity contribution is 5.69. The molecule has 220 valence electrons. The lowest BCUT2D eigenvalue weighted by Crippen LogP contribution is -2.22. The van der Waals surface area contributed by atoms with E-state index in [1.807, 2.05) is 36.2 Å². The molecule has 0 aliphatic heterocycles. The first-order valence-corrected chi connectivity index (χ1v) is 13.5. The maximum absolute atomic E-state index is 14.1. The quantitative estimate of drug-likeness (QED) is 0.204. The number of nitrogens with zero attached hydrogens (tertiary/aromatic N) is 2. The topological polar surface area (TPSA) is 85.0 Å². The Morgan fingerprint density at radius 2 is 1.76 bits per heavy atom. The van der Waals surface area contributed by atoms with E-state index in [1.54, 1.807) is 37.4 Å². The SMILES string of the molecule is COc1ccc(CN(C)Cc2c(C(F)(F)F)ccc3c2CC[C@H]3Oc2ccc([C@H](CC(=O)O)c3ccon3)cc2)cc1. The van der Waals surface area contributed by atoms with Crippen molar-refractivity contribution in [2.24, 2.45) is 0 Å². The fourth-order valence-electron chi connectivity index (χ4n) is 5.59. The second-order valence-corrected chi connectivity index (χ2v) is 10.5. The van der Waals surface area contributed by atoms with E-state index < -0.39 is 29.7 Å². The summed E-state index contributed by atoms with van der Waals surface area (Å²) in [5.41, 5.74) is 3.32. The van der Waals surface area contributed by atoms with Crippen molar-refractivity contribution >= 4 is 5.97 Å². The van der Waals surface area contributed by atoms with E-state index >= 15 is 0 Å². The number of hydrogen-bond donors (Lipinski definition) is 1. The van der Waals surface area contributed by atoms with Crippen LogP contribution in [-0.4, -0.2) is 35.3 Å². The van der Waals surface area contributed by atoms with Gasteiger partial charge in [0.1, 0.15) is 23.9 Å². The van der Waals surface area contributed by atoms with Gasteiger partial charge in [0, 0.05) is 25.1 Å². The molecule has 5 rings (SSSR count). The Balaban J connectivity index is 1.35. The average Bonchev–Trinajstić information content (AvgIpc) is 3.63. The Bertz CT molecular complexity index is 1500. The van der Waals surface area contributed by atoms with Crippen LogP contribution in [0.2, 0.25) is 0 Å². The second-order valence-electron chi connectivity index (χ2n) is 10.5. The van der Waals surface area contributed by atoms with Crippen molar-refractivity contribution in [3.63, 3.8) is 0 Å². The lowest BCUT2D eigenvalue weighted by Gasteiger charge is -2.23. The first-order chi connectivity index (χ1) is 20.1. The molecule has 0 unspecified atom stereocenters. The lowest BCUT2D eigenvalue weighted by atomic mass is 9.92. The molecule has 1 N–H and O–H groups in total. The normalized spacial score (nSPS) is 15.4. The highest BCUT2D eigenvalue weighted by Gasteiger charge is 2.37. The molecule has 0 amide bonds. The number of ether oxygens (including phenoxy) is 2. The van der Waals surface area contributed by atoms with E-state index in [1.165, 1.54) is 12.3 Å². The minimum atomic E-state index is -4.48. The predicted octanol–water partition coefficient (Wildman–Crippen LogP) is 7.01. The van der Waals surface area contributed by atoms with Crippen molar-refractivity contribution in [1.29, 1.82) is 0 Å². The van der Waals surface area contributed by atoms with Gasteiger partial charge in [0.15, 0.2) is 0 Å². The Kier molecular flexibility index (Phi) is 8.54. The molecule has 1 aliphatic carbocycles. The number of carboxylic acids is 1. The fraction of sp³-hybridized carbons (Fsp3) is 0.312. The maximum atomic E-state index is 14.1. The summed E-state index contributed by atoms with van der Waals surface area (Å²) in [5, 5.41) is 13.3. The average molecular weight is 581 g/mol. The zero-order chi connectivity index (χ0) is 29.9. The molecule has 3 aromatic carbocycles. The molecule has 0 saturated carbocycles. The van der Waals surface area contributed by atoms with E-state index in [-0.39, 0.29) is 18.5 Å². The maximum Gasteiger partial charge on any atom is 0.416 e. The number of halogens is 3. The van der Waals surface area contributed by atoms with Crippen molar-refractivity contribution in [3.8, 4) is 11.5 Å². The van der Waals surface area contributed by atoms with Crippen LogP contribution in [0.15, 0.2) is 77.5 Å². The van der Waals surface area contributed by atoms with Crippen LogP contribution in [0.25, 0.3) is 0 Å². The molecule has 1 aliphatic rings. The van der Waals surface area contributed by atoms with Gasteiger partial charge in [0.05, 0.1) is 24.8 Å². The minimum absolute atomic E-state index is 0.137. The van der Waals surface area contributed by atoms with Crippen LogP contribution in [0.1, 0.15) is 63.9 Å². The van der Waals surface area contributed by atoms with E-state index in [0.29, 0.717) is 36.4 Å². The molecule has 7 nitrogen and oxygen atoms in total. The molecule has 0 saturated heterocycles. The number of benzene rings is 3. The van der Waals surface area contributed by atoms with Crippen LogP contribution in [0.3, 0.4) is 0 Å². The van der Waals surface area contributed by atoms with Crippen molar-refractivity contribution in [3.05, 3.63) is 112 Å². The Morgan fingerprint density at radius 1 is 1.05 bits per heavy atom. The minimum Gasteiger partial charge on any atom is -0.497 e. The first-order valence-electron chi connectivity index (χ1n) is 13.5. The van der Waals surface area contributed by atoms with Crippen molar-refractivity contribution < 1.29 is 37.1 Å². The third kappa shape index (κ3) is 6.60. The van der Waals surface area contributed by atoms with Gasteiger partial charge in [0.25, 0.3) is 0 Å². The van der Waals surface area contributed by atoms with Crippen molar-refractivity contribution in [1.82, 2.24) is 10.1 Å². The third-order valence-corrected chi connectivity index (χ3v) is 7.57. The van der Waals surface area contributed by atoms with E-state index in [2.05, 4.69) is 5.16 Å². The van der Waals surface area contributed by atoms with E-state index in [9.17, 15) is 23.1 Å². The summed E-state index contributed by atoms with van der Waals surface area (Å²) in [6, 6.07) is 18.8. The molecule has 1 aromatic heterocycles. The highest BCUT2D eigenvalue weighted by Crippen LogP contribution is 2.43. The smallest absolute Gasteiger partial charge is 0.416 e. The molecule has 42 heavy (non-hydrogen) atoms. The molecule has 0 radical (unpaired) electrons. The number of methoxy groups -OCH3 is 1. The summed E-state index contributed by atoms with van der Waals surface area (Å²) < 4.78 is 58.6. The summed E-state index contributed by atoms with van der Waals surface area (Å²) in [7, 11) is 3.39. The summed E-state index contributed by atoms with van der Waals surface area (Å²) in [6.07, 6.45) is -2.61. The molecular weight excluding hydrogens is 549 g/mol. The lowest BCUT2D eigenvalue weighted by molar-refractivity contribution is -0.139. The molecule has 1 heterocycles. The van der Waals surface area contributed by atoms with Gasteiger partial charge in [-0.2, -0.15) is 13.2 Å². The Labute approximate surface area is 241 Å². The molecule has 4 aromatic rings. The van der Waals surface area contributed by atoms with Gasteiger partial charge in [-0.3, -0.25) is 9.69 Å². The monoisotopic (exact) mass is 580 g/mol. The van der Waals surface area contributed by atoms with Gasteiger partial charge in [-0.05, 0) is 78.0 Å². The van der Waals surface area contributed by atoms with E-state index in [0.717, 1.165) is 28.5 Å². The summed E-state index contributed by atoms with van der Waals surface area (Å²) in [4.78, 5) is 13.3. The van der Waals surface area contributed by atoms with Gasteiger partial charge in [-0.25, -0.2) is 0 Å². The fourth-order valence-corrected chi connectivity index (χ4v) is 5.59. The Morgan fingerprint density at radius 3 is 2.38 bits per heavy atom. The number of alkyl halides is 3. The van der Waals surface area contributed by atoms with Gasteiger partial charge in [0.2, 0.25) is 0 Å². The van der Waals surface area contributed by atoms with Gasteiger partial charge >= 0.3 is 12.1 Å². The zero-order valence-corrected chi connectivity index (χ0v) is 23.2. The van der Waals surface area contributed by atoms with Crippen molar-refractivity contribution in [2.45, 2.75) is 50.6 Å². The number of carboxylic acid groups (broad SMARTS) is 1. The number of aromatic nitrogens is 1. The van der Waals surface area contributed by atoms with Crippen LogP contribution < -0.4 is 9.47 Å². The zero-order valence-electron chi connectivity index (χ0n) is 23.2. The van der Waals surface area contributed by atoms with Crippen LogP contribution in [0.4, 0.5) is 13.2 Å². The summed E-state index contributed by atoms with van der Waals surface area (Å²) in [5.74, 6) is -0.184.